The highest BCUT2D eigenvalue weighted by molar-refractivity contribution is 5.76. The minimum Gasteiger partial charge on any atom is -0.331 e. The number of hydrogen-bond donors (Lipinski definition) is 2. The van der Waals surface area contributed by atoms with Crippen molar-refractivity contribution in [3.8, 4) is 0 Å². The summed E-state index contributed by atoms with van der Waals surface area (Å²) >= 11 is 0. The van der Waals surface area contributed by atoms with Crippen molar-refractivity contribution in [1.82, 2.24) is 10.6 Å². The van der Waals surface area contributed by atoms with E-state index in [1.165, 1.54) is 18.3 Å². The van der Waals surface area contributed by atoms with Gasteiger partial charge in [0.2, 0.25) is 0 Å². The van der Waals surface area contributed by atoms with E-state index in [9.17, 15) is 9.18 Å². The molecule has 0 heterocycles. The molecule has 2 aromatic rings. The van der Waals surface area contributed by atoms with Crippen LogP contribution in [0.4, 0.5) is 9.18 Å². The number of hydrogen-bond acceptors (Lipinski definition) is 1. The molecular formula is C17H17FN2O. The smallest absolute Gasteiger partial charge is 0.319 e. The van der Waals surface area contributed by atoms with Gasteiger partial charge < -0.3 is 10.6 Å². The van der Waals surface area contributed by atoms with E-state index in [-0.39, 0.29) is 17.9 Å². The van der Waals surface area contributed by atoms with Gasteiger partial charge in [-0.15, -0.1) is 0 Å². The van der Waals surface area contributed by atoms with E-state index in [2.05, 4.69) is 10.6 Å². The van der Waals surface area contributed by atoms with Crippen molar-refractivity contribution in [2.24, 2.45) is 0 Å². The minimum atomic E-state index is -0.287. The molecule has 0 saturated heterocycles. The van der Waals surface area contributed by atoms with Gasteiger partial charge in [0.1, 0.15) is 5.82 Å². The van der Waals surface area contributed by atoms with Gasteiger partial charge in [0.05, 0.1) is 6.04 Å². The van der Waals surface area contributed by atoms with E-state index in [1.807, 2.05) is 37.3 Å². The van der Waals surface area contributed by atoms with Crippen molar-refractivity contribution in [3.05, 3.63) is 77.7 Å². The topological polar surface area (TPSA) is 41.1 Å². The van der Waals surface area contributed by atoms with Crippen LogP contribution < -0.4 is 10.6 Å². The highest BCUT2D eigenvalue weighted by atomic mass is 19.1. The summed E-state index contributed by atoms with van der Waals surface area (Å²) in [7, 11) is 0. The summed E-state index contributed by atoms with van der Waals surface area (Å²) < 4.78 is 12.7. The molecule has 0 radical (unpaired) electrons. The van der Waals surface area contributed by atoms with Crippen molar-refractivity contribution in [2.75, 3.05) is 0 Å². The van der Waals surface area contributed by atoms with Gasteiger partial charge >= 0.3 is 6.03 Å². The minimum absolute atomic E-state index is 0.0783. The molecule has 108 valence electrons. The SMILES string of the molecule is CC(NC(=O)N/C=C/c1ccc(F)cc1)c1ccccc1. The van der Waals surface area contributed by atoms with Gasteiger partial charge in [-0.2, -0.15) is 0 Å². The van der Waals surface area contributed by atoms with Crippen LogP contribution in [-0.4, -0.2) is 6.03 Å². The van der Waals surface area contributed by atoms with Crippen LogP contribution >= 0.6 is 0 Å². The first-order chi connectivity index (χ1) is 10.1. The van der Waals surface area contributed by atoms with Crippen LogP contribution in [0.15, 0.2) is 60.8 Å². The number of carbonyl (C=O) groups excluding carboxylic acids is 1. The lowest BCUT2D eigenvalue weighted by atomic mass is 10.1. The molecule has 2 amide bonds. The second-order valence-corrected chi connectivity index (χ2v) is 4.64. The maximum atomic E-state index is 12.7. The number of nitrogens with one attached hydrogen (secondary N) is 2. The molecule has 1 atom stereocenters. The zero-order valence-electron chi connectivity index (χ0n) is 11.7. The molecule has 2 N–H and O–H groups in total. The molecule has 0 spiro atoms. The monoisotopic (exact) mass is 284 g/mol. The van der Waals surface area contributed by atoms with Gasteiger partial charge in [-0.25, -0.2) is 9.18 Å². The maximum Gasteiger partial charge on any atom is 0.319 e. The van der Waals surface area contributed by atoms with E-state index in [0.29, 0.717) is 0 Å². The Labute approximate surface area is 123 Å². The highest BCUT2D eigenvalue weighted by Gasteiger charge is 2.07. The number of amides is 2. The van der Waals surface area contributed by atoms with E-state index >= 15 is 0 Å². The second-order valence-electron chi connectivity index (χ2n) is 4.64. The van der Waals surface area contributed by atoms with E-state index in [4.69, 9.17) is 0 Å². The van der Waals surface area contributed by atoms with Gasteiger partial charge in [-0.05, 0) is 36.3 Å². The van der Waals surface area contributed by atoms with Crippen molar-refractivity contribution < 1.29 is 9.18 Å². The number of rotatable bonds is 4. The standard InChI is InChI=1S/C17H17FN2O/c1-13(15-5-3-2-4-6-15)20-17(21)19-12-11-14-7-9-16(18)10-8-14/h2-13H,1H3,(H2,19,20,21)/b12-11+. The Balaban J connectivity index is 1.83. The van der Waals surface area contributed by atoms with Crippen molar-refractivity contribution in [2.45, 2.75) is 13.0 Å². The molecular weight excluding hydrogens is 267 g/mol. The fourth-order valence-electron chi connectivity index (χ4n) is 1.85. The van der Waals surface area contributed by atoms with Gasteiger partial charge in [0, 0.05) is 6.20 Å². The summed E-state index contributed by atoms with van der Waals surface area (Å²) in [6, 6.07) is 15.4. The van der Waals surface area contributed by atoms with Crippen LogP contribution in [0.5, 0.6) is 0 Å². The third kappa shape index (κ3) is 4.76. The molecule has 0 aliphatic rings. The first-order valence-corrected chi connectivity index (χ1v) is 6.69. The average Bonchev–Trinajstić information content (AvgIpc) is 2.50. The third-order valence-corrected chi connectivity index (χ3v) is 3.01. The summed E-state index contributed by atoms with van der Waals surface area (Å²) in [5, 5.41) is 5.45. The van der Waals surface area contributed by atoms with Crippen LogP contribution in [0.1, 0.15) is 24.1 Å². The predicted octanol–water partition coefficient (Wildman–Crippen LogP) is 3.86. The van der Waals surface area contributed by atoms with Crippen LogP contribution in [0.25, 0.3) is 6.08 Å². The van der Waals surface area contributed by atoms with Crippen molar-refractivity contribution >= 4 is 12.1 Å². The highest BCUT2D eigenvalue weighted by Crippen LogP contribution is 2.10. The molecule has 0 aliphatic heterocycles. The molecule has 0 bridgehead atoms. The van der Waals surface area contributed by atoms with Gasteiger partial charge in [-0.3, -0.25) is 0 Å². The zero-order valence-corrected chi connectivity index (χ0v) is 11.7. The van der Waals surface area contributed by atoms with Crippen LogP contribution in [0.3, 0.4) is 0 Å². The average molecular weight is 284 g/mol. The normalized spacial score (nSPS) is 12.1. The van der Waals surface area contributed by atoms with Crippen molar-refractivity contribution in [1.29, 1.82) is 0 Å². The van der Waals surface area contributed by atoms with Crippen LogP contribution in [0.2, 0.25) is 0 Å². The number of benzene rings is 2. The van der Waals surface area contributed by atoms with Crippen molar-refractivity contribution in [3.63, 3.8) is 0 Å². The first-order valence-electron chi connectivity index (χ1n) is 6.69. The summed E-state index contributed by atoms with van der Waals surface area (Å²) in [5.41, 5.74) is 1.85. The fraction of sp³-hybridized carbons (Fsp3) is 0.118. The third-order valence-electron chi connectivity index (χ3n) is 3.01. The zero-order chi connectivity index (χ0) is 15.1. The summed E-state index contributed by atoms with van der Waals surface area (Å²) in [5.74, 6) is -0.283. The molecule has 1 unspecified atom stereocenters. The summed E-state index contributed by atoms with van der Waals surface area (Å²) in [6.07, 6.45) is 3.23. The summed E-state index contributed by atoms with van der Waals surface area (Å²) in [4.78, 5) is 11.7. The lowest BCUT2D eigenvalue weighted by Gasteiger charge is -2.13. The molecule has 0 aliphatic carbocycles. The molecule has 0 saturated carbocycles. The molecule has 2 rings (SSSR count). The Morgan fingerprint density at radius 2 is 1.76 bits per heavy atom. The summed E-state index contributed by atoms with van der Waals surface area (Å²) in [6.45, 7) is 1.92. The van der Waals surface area contributed by atoms with E-state index in [1.54, 1.807) is 18.2 Å². The van der Waals surface area contributed by atoms with E-state index in [0.717, 1.165) is 11.1 Å². The Morgan fingerprint density at radius 3 is 2.43 bits per heavy atom. The first kappa shape index (κ1) is 14.8. The Hall–Kier alpha value is -2.62. The quantitative estimate of drug-likeness (QED) is 0.879. The van der Waals surface area contributed by atoms with Gasteiger partial charge in [0.15, 0.2) is 0 Å². The lowest BCUT2D eigenvalue weighted by molar-refractivity contribution is 0.241. The molecule has 0 aromatic heterocycles. The largest absolute Gasteiger partial charge is 0.331 e. The number of urea groups is 1. The maximum absolute atomic E-state index is 12.7. The Morgan fingerprint density at radius 1 is 1.10 bits per heavy atom. The van der Waals surface area contributed by atoms with Crippen LogP contribution in [-0.2, 0) is 0 Å². The number of halogens is 1. The number of carbonyl (C=O) groups is 1. The predicted molar refractivity (Wildman–Crippen MR) is 82.0 cm³/mol. The van der Waals surface area contributed by atoms with E-state index < -0.39 is 0 Å². The molecule has 4 heteroatoms. The molecule has 2 aromatic carbocycles. The van der Waals surface area contributed by atoms with Gasteiger partial charge in [0.25, 0.3) is 0 Å². The second kappa shape index (κ2) is 7.24. The van der Waals surface area contributed by atoms with Crippen LogP contribution in [0, 0.1) is 5.82 Å². The van der Waals surface area contributed by atoms with Gasteiger partial charge in [-0.1, -0.05) is 42.5 Å². The Kier molecular flexibility index (Phi) is 5.10. The molecule has 0 fully saturated rings. The lowest BCUT2D eigenvalue weighted by Crippen LogP contribution is -2.34. The molecule has 3 nitrogen and oxygen atoms in total. The molecule has 21 heavy (non-hydrogen) atoms. The fourth-order valence-corrected chi connectivity index (χ4v) is 1.85. The Bertz CT molecular complexity index is 608.